The van der Waals surface area contributed by atoms with Crippen molar-refractivity contribution in [2.24, 2.45) is 0 Å². The zero-order chi connectivity index (χ0) is 19.0. The number of halogens is 1. The van der Waals surface area contributed by atoms with Crippen molar-refractivity contribution < 1.29 is 23.8 Å². The maximum atomic E-state index is 12.8. The molecule has 2 aliphatic rings. The molecule has 0 bridgehead atoms. The third-order valence-corrected chi connectivity index (χ3v) is 5.19. The van der Waals surface area contributed by atoms with Crippen molar-refractivity contribution in [3.8, 4) is 11.5 Å². The number of nitrogens with zero attached hydrogens (tertiary/aromatic N) is 1. The topological polar surface area (TPSA) is 65.1 Å². The first-order chi connectivity index (χ1) is 13.1. The van der Waals surface area contributed by atoms with Gasteiger partial charge in [0.15, 0.2) is 11.5 Å². The summed E-state index contributed by atoms with van der Waals surface area (Å²) in [5.41, 5.74) is 2.77. The van der Waals surface area contributed by atoms with Gasteiger partial charge in [0, 0.05) is 6.42 Å². The summed E-state index contributed by atoms with van der Waals surface area (Å²) in [5.74, 6) is 0.250. The molecule has 0 spiro atoms. The molecule has 2 aromatic carbocycles. The Balaban J connectivity index is 1.88. The van der Waals surface area contributed by atoms with Crippen molar-refractivity contribution in [2.75, 3.05) is 19.8 Å². The number of carbonyl (C=O) groups is 2. The minimum absolute atomic E-state index is 0.162. The molecule has 1 amide bonds. The summed E-state index contributed by atoms with van der Waals surface area (Å²) >= 11 is 5.88. The number of carbonyl (C=O) groups excluding carboxylic acids is 2. The number of alkyl halides is 1. The van der Waals surface area contributed by atoms with Crippen molar-refractivity contribution in [3.63, 3.8) is 0 Å². The largest absolute Gasteiger partial charge is 0.467 e. The fourth-order valence-electron chi connectivity index (χ4n) is 3.77. The molecule has 0 saturated heterocycles. The highest BCUT2D eigenvalue weighted by Gasteiger charge is 2.42. The molecular formula is C20H18ClNO5. The Hall–Kier alpha value is -2.73. The first-order valence-electron chi connectivity index (χ1n) is 8.56. The number of fused-ring (bicyclic) bond motifs is 2. The molecule has 0 aromatic heterocycles. The van der Waals surface area contributed by atoms with Crippen LogP contribution < -0.4 is 9.47 Å². The highest BCUT2D eigenvalue weighted by atomic mass is 35.5. The van der Waals surface area contributed by atoms with E-state index >= 15 is 0 Å². The van der Waals surface area contributed by atoms with E-state index in [0.29, 0.717) is 17.9 Å². The molecule has 0 N–H and O–H groups in total. The number of rotatable bonds is 3. The number of methoxy groups -OCH3 is 1. The number of esters is 1. The third kappa shape index (κ3) is 3.00. The van der Waals surface area contributed by atoms with E-state index in [1.165, 1.54) is 12.0 Å². The van der Waals surface area contributed by atoms with Gasteiger partial charge in [-0.2, -0.15) is 0 Å². The molecule has 0 unspecified atom stereocenters. The van der Waals surface area contributed by atoms with E-state index in [-0.39, 0.29) is 18.6 Å². The molecule has 27 heavy (non-hydrogen) atoms. The highest BCUT2D eigenvalue weighted by Crippen LogP contribution is 2.42. The van der Waals surface area contributed by atoms with E-state index in [4.69, 9.17) is 25.8 Å². The summed E-state index contributed by atoms with van der Waals surface area (Å²) in [6.07, 6.45) is 0.381. The summed E-state index contributed by atoms with van der Waals surface area (Å²) < 4.78 is 15.8. The van der Waals surface area contributed by atoms with Gasteiger partial charge in [0.05, 0.1) is 13.2 Å². The predicted octanol–water partition coefficient (Wildman–Crippen LogP) is 2.67. The SMILES string of the molecule is COC(=O)[C@H]1Cc2ccccc2[C@@H](c2ccc3c(c2)OCO3)N1C(=O)CCl. The van der Waals surface area contributed by atoms with Crippen molar-refractivity contribution >= 4 is 23.5 Å². The van der Waals surface area contributed by atoms with Gasteiger partial charge in [0.25, 0.3) is 0 Å². The van der Waals surface area contributed by atoms with Crippen LogP contribution in [0, 0.1) is 0 Å². The monoisotopic (exact) mass is 387 g/mol. The Labute approximate surface area is 161 Å². The average Bonchev–Trinajstić information content (AvgIpc) is 3.18. The van der Waals surface area contributed by atoms with Crippen LogP contribution in [-0.2, 0) is 20.7 Å². The highest BCUT2D eigenvalue weighted by molar-refractivity contribution is 6.27. The molecule has 0 fully saturated rings. The quantitative estimate of drug-likeness (QED) is 0.598. The van der Waals surface area contributed by atoms with Crippen LogP contribution in [0.5, 0.6) is 11.5 Å². The maximum Gasteiger partial charge on any atom is 0.328 e. The molecule has 0 saturated carbocycles. The Morgan fingerprint density at radius 3 is 2.74 bits per heavy atom. The fraction of sp³-hybridized carbons (Fsp3) is 0.300. The second-order valence-electron chi connectivity index (χ2n) is 6.39. The number of hydrogen-bond donors (Lipinski definition) is 0. The van der Waals surface area contributed by atoms with E-state index in [2.05, 4.69) is 0 Å². The average molecular weight is 388 g/mol. The van der Waals surface area contributed by atoms with Crippen LogP contribution in [0.2, 0.25) is 0 Å². The Morgan fingerprint density at radius 1 is 1.19 bits per heavy atom. The molecule has 0 aliphatic carbocycles. The molecule has 6 nitrogen and oxygen atoms in total. The fourth-order valence-corrected chi connectivity index (χ4v) is 3.90. The lowest BCUT2D eigenvalue weighted by Crippen LogP contribution is -2.52. The molecule has 2 aliphatic heterocycles. The lowest BCUT2D eigenvalue weighted by molar-refractivity contribution is -0.154. The molecule has 0 radical (unpaired) electrons. The maximum absolute atomic E-state index is 12.8. The van der Waals surface area contributed by atoms with Gasteiger partial charge in [0.2, 0.25) is 12.7 Å². The van der Waals surface area contributed by atoms with Gasteiger partial charge in [-0.3, -0.25) is 4.79 Å². The predicted molar refractivity (Wildman–Crippen MR) is 97.9 cm³/mol. The molecule has 2 atom stereocenters. The standard InChI is InChI=1S/C20H18ClNO5/c1-25-20(24)15-8-12-4-2-3-5-14(12)19(22(15)18(23)10-21)13-6-7-16-17(9-13)27-11-26-16/h2-7,9,15,19H,8,10-11H2,1H3/t15-,19-/m1/s1. The zero-order valence-electron chi connectivity index (χ0n) is 14.7. The second-order valence-corrected chi connectivity index (χ2v) is 6.66. The van der Waals surface area contributed by atoms with Gasteiger partial charge in [-0.25, -0.2) is 4.79 Å². The van der Waals surface area contributed by atoms with Crippen LogP contribution >= 0.6 is 11.6 Å². The summed E-state index contributed by atoms with van der Waals surface area (Å²) in [7, 11) is 1.32. The summed E-state index contributed by atoms with van der Waals surface area (Å²) in [6.45, 7) is 0.162. The van der Waals surface area contributed by atoms with Crippen LogP contribution in [0.25, 0.3) is 0 Å². The number of amides is 1. The van der Waals surface area contributed by atoms with Gasteiger partial charge in [0.1, 0.15) is 11.9 Å². The Kier molecular flexibility index (Phi) is 4.66. The molecule has 4 rings (SSSR count). The number of benzene rings is 2. The van der Waals surface area contributed by atoms with Crippen molar-refractivity contribution in [3.05, 3.63) is 59.2 Å². The third-order valence-electron chi connectivity index (χ3n) is 4.96. The first-order valence-corrected chi connectivity index (χ1v) is 9.09. The van der Waals surface area contributed by atoms with Crippen molar-refractivity contribution in [1.82, 2.24) is 4.90 Å². The van der Waals surface area contributed by atoms with E-state index in [9.17, 15) is 9.59 Å². The van der Waals surface area contributed by atoms with Crippen molar-refractivity contribution in [1.29, 1.82) is 0 Å². The van der Waals surface area contributed by atoms with Crippen LogP contribution in [0.1, 0.15) is 22.7 Å². The van der Waals surface area contributed by atoms with E-state index in [1.54, 1.807) is 0 Å². The van der Waals surface area contributed by atoms with Gasteiger partial charge < -0.3 is 19.1 Å². The Morgan fingerprint density at radius 2 is 1.96 bits per heavy atom. The smallest absolute Gasteiger partial charge is 0.328 e. The van der Waals surface area contributed by atoms with Crippen LogP contribution in [-0.4, -0.2) is 42.6 Å². The minimum atomic E-state index is -0.744. The molecule has 2 aromatic rings. The summed E-state index contributed by atoms with van der Waals surface area (Å²) in [6, 6.07) is 12.1. The molecular weight excluding hydrogens is 370 g/mol. The first kappa shape index (κ1) is 17.7. The van der Waals surface area contributed by atoms with Gasteiger partial charge >= 0.3 is 5.97 Å². The van der Waals surface area contributed by atoms with E-state index in [1.807, 2.05) is 42.5 Å². The molecule has 7 heteroatoms. The van der Waals surface area contributed by atoms with Crippen molar-refractivity contribution in [2.45, 2.75) is 18.5 Å². The number of ether oxygens (including phenoxy) is 3. The molecule has 2 heterocycles. The van der Waals surface area contributed by atoms with E-state index in [0.717, 1.165) is 16.7 Å². The van der Waals surface area contributed by atoms with Crippen LogP contribution in [0.4, 0.5) is 0 Å². The normalized spacial score (nSPS) is 20.1. The van der Waals surface area contributed by atoms with Crippen LogP contribution in [0.15, 0.2) is 42.5 Å². The minimum Gasteiger partial charge on any atom is -0.467 e. The zero-order valence-corrected chi connectivity index (χ0v) is 15.4. The van der Waals surface area contributed by atoms with Gasteiger partial charge in [-0.1, -0.05) is 30.3 Å². The van der Waals surface area contributed by atoms with E-state index < -0.39 is 18.1 Å². The molecule has 140 valence electrons. The number of hydrogen-bond acceptors (Lipinski definition) is 5. The summed E-state index contributed by atoms with van der Waals surface area (Å²) in [5, 5.41) is 0. The summed E-state index contributed by atoms with van der Waals surface area (Å²) in [4.78, 5) is 26.7. The van der Waals surface area contributed by atoms with Gasteiger partial charge in [-0.05, 0) is 28.8 Å². The Bertz CT molecular complexity index is 900. The lowest BCUT2D eigenvalue weighted by atomic mass is 9.84. The van der Waals surface area contributed by atoms with Gasteiger partial charge in [-0.15, -0.1) is 11.6 Å². The van der Waals surface area contributed by atoms with Crippen LogP contribution in [0.3, 0.4) is 0 Å². The lowest BCUT2D eigenvalue weighted by Gasteiger charge is -2.42. The second kappa shape index (κ2) is 7.12.